The number of aliphatic carboxylic acids is 1. The molecule has 4 heteroatoms. The number of hydrogen-bond donors (Lipinski definition) is 1. The van der Waals surface area contributed by atoms with Crippen molar-refractivity contribution < 1.29 is 14.3 Å². The van der Waals surface area contributed by atoms with E-state index in [1.165, 1.54) is 11.8 Å². The Bertz CT molecular complexity index is 570. The first-order valence-corrected chi connectivity index (χ1v) is 5.93. The molecule has 1 aliphatic carbocycles. The van der Waals surface area contributed by atoms with Gasteiger partial charge in [-0.25, -0.2) is 4.98 Å². The first kappa shape index (κ1) is 11.0. The summed E-state index contributed by atoms with van der Waals surface area (Å²) in [7, 11) is 0. The number of benzene rings is 1. The Kier molecular flexibility index (Phi) is 2.44. The summed E-state index contributed by atoms with van der Waals surface area (Å²) in [5.74, 6) is 0.159. The Morgan fingerprint density at radius 3 is 2.67 bits per heavy atom. The molecule has 0 bridgehead atoms. The highest BCUT2D eigenvalue weighted by molar-refractivity contribution is 5.69. The quantitative estimate of drug-likeness (QED) is 0.895. The summed E-state index contributed by atoms with van der Waals surface area (Å²) < 4.78 is 5.58. The van der Waals surface area contributed by atoms with Gasteiger partial charge in [0, 0.05) is 0 Å². The fraction of sp³-hybridized carbons (Fsp3) is 0.286. The fourth-order valence-corrected chi connectivity index (χ4v) is 2.27. The van der Waals surface area contributed by atoms with Gasteiger partial charge in [0.2, 0.25) is 5.89 Å². The second kappa shape index (κ2) is 3.98. The normalized spacial score (nSPS) is 16.4. The van der Waals surface area contributed by atoms with Crippen molar-refractivity contribution in [2.45, 2.75) is 24.7 Å². The van der Waals surface area contributed by atoms with Crippen molar-refractivity contribution in [1.82, 2.24) is 4.98 Å². The third-order valence-electron chi connectivity index (χ3n) is 3.36. The molecule has 0 radical (unpaired) electrons. The monoisotopic (exact) mass is 243 g/mol. The highest BCUT2D eigenvalue weighted by atomic mass is 16.4. The molecule has 1 aliphatic rings. The number of carbonyl (C=O) groups is 1. The number of rotatable bonds is 4. The number of carboxylic acids is 1. The molecule has 1 aromatic heterocycles. The smallest absolute Gasteiger partial charge is 0.311 e. The topological polar surface area (TPSA) is 63.3 Å². The van der Waals surface area contributed by atoms with Crippen LogP contribution in [0.25, 0.3) is 0 Å². The van der Waals surface area contributed by atoms with Crippen LogP contribution in [0.4, 0.5) is 0 Å². The molecular weight excluding hydrogens is 230 g/mol. The highest BCUT2D eigenvalue weighted by Crippen LogP contribution is 2.52. The van der Waals surface area contributed by atoms with E-state index < -0.39 is 5.97 Å². The molecule has 0 atom stereocenters. The molecule has 1 aromatic carbocycles. The van der Waals surface area contributed by atoms with Gasteiger partial charge < -0.3 is 9.52 Å². The van der Waals surface area contributed by atoms with Gasteiger partial charge in [0.15, 0.2) is 0 Å². The van der Waals surface area contributed by atoms with Crippen LogP contribution in [0.5, 0.6) is 0 Å². The Labute approximate surface area is 104 Å². The maximum Gasteiger partial charge on any atom is 0.311 e. The summed E-state index contributed by atoms with van der Waals surface area (Å²) in [6, 6.07) is 10.1. The van der Waals surface area contributed by atoms with Crippen LogP contribution in [-0.4, -0.2) is 16.1 Å². The summed E-state index contributed by atoms with van der Waals surface area (Å²) in [6.07, 6.45) is 3.42. The second-order valence-corrected chi connectivity index (χ2v) is 4.65. The minimum Gasteiger partial charge on any atom is -0.481 e. The average molecular weight is 243 g/mol. The van der Waals surface area contributed by atoms with E-state index in [0.29, 0.717) is 11.7 Å². The first-order valence-electron chi connectivity index (χ1n) is 5.93. The summed E-state index contributed by atoms with van der Waals surface area (Å²) in [5, 5.41) is 8.72. The molecule has 0 amide bonds. The molecular formula is C14H13NO3. The molecule has 0 saturated heterocycles. The van der Waals surface area contributed by atoms with E-state index in [0.717, 1.165) is 12.8 Å². The van der Waals surface area contributed by atoms with E-state index in [9.17, 15) is 4.79 Å². The first-order chi connectivity index (χ1) is 8.71. The van der Waals surface area contributed by atoms with Crippen LogP contribution in [0.2, 0.25) is 0 Å². The van der Waals surface area contributed by atoms with Gasteiger partial charge in [0.1, 0.15) is 12.2 Å². The van der Waals surface area contributed by atoms with Crippen LogP contribution >= 0.6 is 0 Å². The van der Waals surface area contributed by atoms with Crippen molar-refractivity contribution in [1.29, 1.82) is 0 Å². The van der Waals surface area contributed by atoms with Crippen LogP contribution in [0.15, 0.2) is 40.9 Å². The lowest BCUT2D eigenvalue weighted by atomic mass is 9.96. The zero-order valence-corrected chi connectivity index (χ0v) is 9.80. The predicted octanol–water partition coefficient (Wildman–Crippen LogP) is 2.38. The number of aromatic nitrogens is 1. The third-order valence-corrected chi connectivity index (χ3v) is 3.36. The minimum absolute atomic E-state index is 0.113. The predicted molar refractivity (Wildman–Crippen MR) is 64.3 cm³/mol. The van der Waals surface area contributed by atoms with Gasteiger partial charge in [-0.3, -0.25) is 4.79 Å². The Morgan fingerprint density at radius 2 is 2.06 bits per heavy atom. The van der Waals surface area contributed by atoms with Crippen LogP contribution < -0.4 is 0 Å². The van der Waals surface area contributed by atoms with Crippen LogP contribution in [0.1, 0.15) is 30.1 Å². The lowest BCUT2D eigenvalue weighted by Gasteiger charge is -2.10. The number of carboxylic acid groups (broad SMARTS) is 1. The SMILES string of the molecule is O=C(O)Cc1cnc(C2(c3ccccc3)CC2)o1. The average Bonchev–Trinajstić information content (AvgIpc) is 3.05. The molecule has 3 rings (SSSR count). The van der Waals surface area contributed by atoms with Crippen molar-refractivity contribution in [3.8, 4) is 0 Å². The molecule has 4 nitrogen and oxygen atoms in total. The van der Waals surface area contributed by atoms with Crippen LogP contribution in [0.3, 0.4) is 0 Å². The van der Waals surface area contributed by atoms with E-state index >= 15 is 0 Å². The lowest BCUT2D eigenvalue weighted by molar-refractivity contribution is -0.136. The molecule has 0 aliphatic heterocycles. The Morgan fingerprint density at radius 1 is 1.33 bits per heavy atom. The van der Waals surface area contributed by atoms with Gasteiger partial charge in [0.25, 0.3) is 0 Å². The van der Waals surface area contributed by atoms with Crippen LogP contribution in [0, 0.1) is 0 Å². The number of oxazole rings is 1. The van der Waals surface area contributed by atoms with Gasteiger partial charge in [-0.2, -0.15) is 0 Å². The zero-order chi connectivity index (χ0) is 12.6. The molecule has 92 valence electrons. The van der Waals surface area contributed by atoms with Crippen LogP contribution in [-0.2, 0) is 16.6 Å². The largest absolute Gasteiger partial charge is 0.481 e. The Balaban J connectivity index is 1.91. The minimum atomic E-state index is -0.901. The van der Waals surface area contributed by atoms with E-state index in [2.05, 4.69) is 17.1 Å². The van der Waals surface area contributed by atoms with E-state index in [1.807, 2.05) is 18.2 Å². The summed E-state index contributed by atoms with van der Waals surface area (Å²) in [5.41, 5.74) is 1.06. The molecule has 1 N–H and O–H groups in total. The zero-order valence-electron chi connectivity index (χ0n) is 9.80. The van der Waals surface area contributed by atoms with E-state index in [4.69, 9.17) is 9.52 Å². The Hall–Kier alpha value is -2.10. The molecule has 18 heavy (non-hydrogen) atoms. The van der Waals surface area contributed by atoms with E-state index in [1.54, 1.807) is 0 Å². The fourth-order valence-electron chi connectivity index (χ4n) is 2.27. The maximum absolute atomic E-state index is 10.6. The number of hydrogen-bond acceptors (Lipinski definition) is 3. The maximum atomic E-state index is 10.6. The van der Waals surface area contributed by atoms with Gasteiger partial charge in [-0.15, -0.1) is 0 Å². The van der Waals surface area contributed by atoms with Crippen molar-refractivity contribution in [2.24, 2.45) is 0 Å². The lowest BCUT2D eigenvalue weighted by Crippen LogP contribution is -2.08. The van der Waals surface area contributed by atoms with Crippen molar-refractivity contribution in [3.05, 3.63) is 53.7 Å². The molecule has 1 saturated carbocycles. The summed E-state index contributed by atoms with van der Waals surface area (Å²) >= 11 is 0. The summed E-state index contributed by atoms with van der Waals surface area (Å²) in [4.78, 5) is 14.9. The van der Waals surface area contributed by atoms with E-state index in [-0.39, 0.29) is 11.8 Å². The van der Waals surface area contributed by atoms with Gasteiger partial charge in [-0.1, -0.05) is 30.3 Å². The molecule has 0 spiro atoms. The standard InChI is InChI=1S/C14H13NO3/c16-12(17)8-11-9-15-13(18-11)14(6-7-14)10-4-2-1-3-5-10/h1-5,9H,6-8H2,(H,16,17). The van der Waals surface area contributed by atoms with Crippen molar-refractivity contribution in [2.75, 3.05) is 0 Å². The summed E-state index contributed by atoms with van der Waals surface area (Å²) in [6.45, 7) is 0. The number of nitrogens with zero attached hydrogens (tertiary/aromatic N) is 1. The van der Waals surface area contributed by atoms with Gasteiger partial charge in [-0.05, 0) is 18.4 Å². The molecule has 2 aromatic rings. The van der Waals surface area contributed by atoms with Gasteiger partial charge >= 0.3 is 5.97 Å². The molecule has 1 heterocycles. The van der Waals surface area contributed by atoms with Crippen molar-refractivity contribution in [3.63, 3.8) is 0 Å². The second-order valence-electron chi connectivity index (χ2n) is 4.65. The third kappa shape index (κ3) is 1.79. The molecule has 1 fully saturated rings. The molecule has 0 unspecified atom stereocenters. The highest BCUT2D eigenvalue weighted by Gasteiger charge is 2.50. The van der Waals surface area contributed by atoms with Crippen molar-refractivity contribution >= 4 is 5.97 Å². The van der Waals surface area contributed by atoms with Gasteiger partial charge in [0.05, 0.1) is 11.6 Å².